The van der Waals surface area contributed by atoms with Crippen molar-refractivity contribution < 1.29 is 9.59 Å². The van der Waals surface area contributed by atoms with Crippen LogP contribution in [0.1, 0.15) is 37.3 Å². The van der Waals surface area contributed by atoms with Gasteiger partial charge in [-0.05, 0) is 45.1 Å². The second-order valence-electron chi connectivity index (χ2n) is 7.95. The van der Waals surface area contributed by atoms with Crippen molar-refractivity contribution in [2.75, 3.05) is 34.7 Å². The maximum absolute atomic E-state index is 12.8. The summed E-state index contributed by atoms with van der Waals surface area (Å²) in [6.45, 7) is 3.70. The van der Waals surface area contributed by atoms with Gasteiger partial charge >= 0.3 is 0 Å². The van der Waals surface area contributed by atoms with E-state index in [1.54, 1.807) is 6.92 Å². The molecule has 1 aliphatic rings. The van der Waals surface area contributed by atoms with Gasteiger partial charge in [-0.3, -0.25) is 14.5 Å². The van der Waals surface area contributed by atoms with Crippen molar-refractivity contribution >= 4 is 11.8 Å². The molecule has 1 aromatic rings. The van der Waals surface area contributed by atoms with E-state index in [9.17, 15) is 9.59 Å². The number of rotatable bonds is 8. The van der Waals surface area contributed by atoms with E-state index in [4.69, 9.17) is 0 Å². The summed E-state index contributed by atoms with van der Waals surface area (Å²) in [5.74, 6) is 0.172. The Labute approximate surface area is 163 Å². The van der Waals surface area contributed by atoms with Crippen LogP contribution in [-0.4, -0.2) is 73.3 Å². The summed E-state index contributed by atoms with van der Waals surface area (Å²) in [5, 5.41) is 2.89. The maximum Gasteiger partial charge on any atom is 0.224 e. The number of hydrogen-bond donors (Lipinski definition) is 1. The molecular weight excluding hydrogens is 340 g/mol. The fourth-order valence-electron chi connectivity index (χ4n) is 3.75. The molecule has 1 N–H and O–H groups in total. The van der Waals surface area contributed by atoms with Gasteiger partial charge in [0.1, 0.15) is 0 Å². The molecule has 0 aromatic heterocycles. The fraction of sp³-hybridized carbons (Fsp3) is 0.619. The molecule has 0 radical (unpaired) electrons. The third kappa shape index (κ3) is 6.33. The predicted octanol–water partition coefficient (Wildman–Crippen LogP) is 1.70. The van der Waals surface area contributed by atoms with E-state index in [0.29, 0.717) is 25.6 Å². The molecule has 0 unspecified atom stereocenters. The summed E-state index contributed by atoms with van der Waals surface area (Å²) in [7, 11) is 8.06. The summed E-state index contributed by atoms with van der Waals surface area (Å²) in [6.07, 6.45) is 2.54. The third-order valence-electron chi connectivity index (χ3n) is 5.42. The maximum atomic E-state index is 12.8. The molecule has 1 fully saturated rings. The Morgan fingerprint density at radius 3 is 2.26 bits per heavy atom. The molecule has 27 heavy (non-hydrogen) atoms. The smallest absolute Gasteiger partial charge is 0.224 e. The van der Waals surface area contributed by atoms with Crippen LogP contribution in [0.3, 0.4) is 0 Å². The highest BCUT2D eigenvalue weighted by atomic mass is 16.2. The summed E-state index contributed by atoms with van der Waals surface area (Å²) >= 11 is 0. The van der Waals surface area contributed by atoms with Crippen LogP contribution >= 0.6 is 0 Å². The van der Waals surface area contributed by atoms with Crippen LogP contribution in [0.2, 0.25) is 0 Å². The molecule has 0 aliphatic carbocycles. The topological polar surface area (TPSA) is 55.9 Å². The van der Waals surface area contributed by atoms with E-state index in [0.717, 1.165) is 19.4 Å². The zero-order chi connectivity index (χ0) is 20.0. The summed E-state index contributed by atoms with van der Waals surface area (Å²) < 4.78 is 0. The van der Waals surface area contributed by atoms with Gasteiger partial charge in [-0.25, -0.2) is 0 Å². The first-order chi connectivity index (χ1) is 12.8. The van der Waals surface area contributed by atoms with Crippen molar-refractivity contribution in [3.63, 3.8) is 0 Å². The first kappa shape index (κ1) is 21.4. The summed E-state index contributed by atoms with van der Waals surface area (Å²) in [4.78, 5) is 30.1. The summed E-state index contributed by atoms with van der Waals surface area (Å²) in [5.41, 5.74) is 2.46. The zero-order valence-electron chi connectivity index (χ0n) is 17.4. The quantitative estimate of drug-likeness (QED) is 0.752. The Morgan fingerprint density at radius 1 is 1.07 bits per heavy atom. The van der Waals surface area contributed by atoms with Crippen LogP contribution < -0.4 is 5.32 Å². The number of carbonyl (C=O) groups is 2. The molecule has 2 atom stereocenters. The van der Waals surface area contributed by atoms with E-state index in [2.05, 4.69) is 48.4 Å². The molecule has 0 spiro atoms. The molecule has 6 nitrogen and oxygen atoms in total. The molecule has 1 aliphatic heterocycles. The van der Waals surface area contributed by atoms with Crippen molar-refractivity contribution in [2.45, 2.75) is 51.4 Å². The first-order valence-electron chi connectivity index (χ1n) is 9.69. The molecule has 0 bridgehead atoms. The largest absolute Gasteiger partial charge is 0.355 e. The lowest BCUT2D eigenvalue weighted by atomic mass is 10.1. The van der Waals surface area contributed by atoms with Gasteiger partial charge in [0.2, 0.25) is 11.8 Å². The fourth-order valence-corrected chi connectivity index (χ4v) is 3.75. The number of likely N-dealkylation sites (N-methyl/N-ethyl adjacent to an activating group) is 1. The molecule has 0 saturated carbocycles. The highest BCUT2D eigenvalue weighted by Crippen LogP contribution is 2.25. The Hall–Kier alpha value is -1.92. The number of likely N-dealkylation sites (tertiary alicyclic amines) is 1. The van der Waals surface area contributed by atoms with Gasteiger partial charge in [0.25, 0.3) is 0 Å². The second-order valence-corrected chi connectivity index (χ2v) is 7.95. The minimum Gasteiger partial charge on any atom is -0.355 e. The molecular formula is C21H34N4O2. The van der Waals surface area contributed by atoms with E-state index in [-0.39, 0.29) is 17.9 Å². The van der Waals surface area contributed by atoms with Crippen LogP contribution in [0, 0.1) is 0 Å². The van der Waals surface area contributed by atoms with Gasteiger partial charge < -0.3 is 15.1 Å². The number of hydrogen-bond acceptors (Lipinski definition) is 4. The normalized spacial score (nSPS) is 20.1. The van der Waals surface area contributed by atoms with E-state index in [1.807, 2.05) is 24.1 Å². The van der Waals surface area contributed by atoms with Gasteiger partial charge in [0.15, 0.2) is 0 Å². The van der Waals surface area contributed by atoms with Gasteiger partial charge in [-0.1, -0.05) is 24.3 Å². The number of carbonyl (C=O) groups excluding carboxylic acids is 2. The lowest BCUT2D eigenvalue weighted by Crippen LogP contribution is -2.42. The molecule has 2 rings (SSSR count). The number of amides is 2. The predicted molar refractivity (Wildman–Crippen MR) is 108 cm³/mol. The van der Waals surface area contributed by atoms with Crippen molar-refractivity contribution in [3.05, 3.63) is 35.4 Å². The van der Waals surface area contributed by atoms with Crippen LogP contribution in [0.5, 0.6) is 0 Å². The van der Waals surface area contributed by atoms with Crippen molar-refractivity contribution in [1.82, 2.24) is 20.0 Å². The van der Waals surface area contributed by atoms with Crippen LogP contribution in [0.25, 0.3) is 0 Å². The number of benzene rings is 1. The monoisotopic (exact) mass is 374 g/mol. The minimum atomic E-state index is -0.000880. The van der Waals surface area contributed by atoms with E-state index >= 15 is 0 Å². The average Bonchev–Trinajstić information content (AvgIpc) is 2.94. The Bertz CT molecular complexity index is 647. The number of nitrogens with one attached hydrogen (secondary N) is 1. The third-order valence-corrected chi connectivity index (χ3v) is 5.42. The van der Waals surface area contributed by atoms with Crippen molar-refractivity contribution in [1.29, 1.82) is 0 Å². The lowest BCUT2D eigenvalue weighted by molar-refractivity contribution is -0.131. The lowest BCUT2D eigenvalue weighted by Gasteiger charge is -2.27. The Balaban J connectivity index is 1.90. The van der Waals surface area contributed by atoms with E-state index in [1.165, 1.54) is 11.1 Å². The van der Waals surface area contributed by atoms with Crippen LogP contribution in [0.15, 0.2) is 24.3 Å². The molecule has 150 valence electrons. The van der Waals surface area contributed by atoms with Gasteiger partial charge in [0, 0.05) is 52.1 Å². The zero-order valence-corrected chi connectivity index (χ0v) is 17.4. The molecule has 2 amide bonds. The standard InChI is InChI=1S/C21H34N4O2/c1-16(26)22-13-20-11-10-19(25(20)5)12-21(27)24(4)15-18-9-7-6-8-17(18)14-23(2)3/h6-9,19-20H,10-15H2,1-5H3,(H,22,26)/t19-,20+/m0/s1. The van der Waals surface area contributed by atoms with Gasteiger partial charge in [-0.15, -0.1) is 0 Å². The number of nitrogens with zero attached hydrogens (tertiary/aromatic N) is 3. The molecule has 1 heterocycles. The first-order valence-corrected chi connectivity index (χ1v) is 9.69. The van der Waals surface area contributed by atoms with Gasteiger partial charge in [-0.2, -0.15) is 0 Å². The van der Waals surface area contributed by atoms with Crippen LogP contribution in [-0.2, 0) is 22.7 Å². The second kappa shape index (κ2) is 9.85. The molecule has 6 heteroatoms. The van der Waals surface area contributed by atoms with Crippen molar-refractivity contribution in [3.8, 4) is 0 Å². The Kier molecular flexibility index (Phi) is 7.80. The molecule has 1 aromatic carbocycles. The SMILES string of the molecule is CC(=O)NC[C@H]1CC[C@@H](CC(=O)N(C)Cc2ccccc2CN(C)C)N1C. The van der Waals surface area contributed by atoms with Gasteiger partial charge in [0.05, 0.1) is 0 Å². The van der Waals surface area contributed by atoms with Crippen LogP contribution in [0.4, 0.5) is 0 Å². The summed E-state index contributed by atoms with van der Waals surface area (Å²) in [6, 6.07) is 8.88. The highest BCUT2D eigenvalue weighted by Gasteiger charge is 2.32. The molecule has 1 saturated heterocycles. The van der Waals surface area contributed by atoms with Crippen molar-refractivity contribution in [2.24, 2.45) is 0 Å². The Morgan fingerprint density at radius 2 is 1.67 bits per heavy atom. The van der Waals surface area contributed by atoms with E-state index < -0.39 is 0 Å². The average molecular weight is 375 g/mol. The highest BCUT2D eigenvalue weighted by molar-refractivity contribution is 5.76. The minimum absolute atomic E-state index is 0.000880.